The third-order valence-electron chi connectivity index (χ3n) is 4.60. The lowest BCUT2D eigenvalue weighted by Gasteiger charge is -2.17. The molecule has 1 N–H and O–H groups in total. The van der Waals surface area contributed by atoms with Crippen molar-refractivity contribution in [3.8, 4) is 11.1 Å². The van der Waals surface area contributed by atoms with Crippen LogP contribution >= 0.6 is 11.8 Å². The number of benzene rings is 2. The number of likely N-dealkylation sites (N-methyl/N-ethyl adjacent to an activating group) is 1. The fraction of sp³-hybridized carbons (Fsp3) is 0.300. The van der Waals surface area contributed by atoms with Crippen LogP contribution in [0.25, 0.3) is 11.1 Å². The highest BCUT2D eigenvalue weighted by atomic mass is 32.3. The number of hydrogen-bond acceptors (Lipinski definition) is 5. The lowest BCUT2D eigenvalue weighted by atomic mass is 10.0. The maximum Gasteiger partial charge on any atom is 0.232 e. The van der Waals surface area contributed by atoms with Gasteiger partial charge in [0.05, 0.1) is 12.5 Å². The van der Waals surface area contributed by atoms with Crippen LogP contribution in [0.15, 0.2) is 59.6 Å². The Kier molecular flexibility index (Phi) is 6.22. The van der Waals surface area contributed by atoms with Crippen molar-refractivity contribution in [3.63, 3.8) is 0 Å². The summed E-state index contributed by atoms with van der Waals surface area (Å²) in [6.45, 7) is 1.74. The topological polar surface area (TPSA) is 78.8 Å². The highest BCUT2D eigenvalue weighted by molar-refractivity contribution is 8.22. The summed E-state index contributed by atoms with van der Waals surface area (Å²) in [5.74, 6) is -0.131. The predicted octanol–water partition coefficient (Wildman–Crippen LogP) is 2.72. The van der Waals surface area contributed by atoms with E-state index in [-0.39, 0.29) is 12.3 Å². The average molecular weight is 418 g/mol. The highest BCUT2D eigenvalue weighted by Gasteiger charge is 2.38. The number of hydrogen-bond donors (Lipinski definition) is 1. The first-order valence-electron chi connectivity index (χ1n) is 8.89. The van der Waals surface area contributed by atoms with Crippen LogP contribution in [0.2, 0.25) is 0 Å². The van der Waals surface area contributed by atoms with Crippen molar-refractivity contribution in [1.82, 2.24) is 9.62 Å². The first-order valence-corrected chi connectivity index (χ1v) is 11.3. The van der Waals surface area contributed by atoms with Gasteiger partial charge in [-0.3, -0.25) is 14.7 Å². The van der Waals surface area contributed by atoms with Crippen molar-refractivity contribution >= 4 is 32.9 Å². The van der Waals surface area contributed by atoms with Crippen LogP contribution in [0.3, 0.4) is 0 Å². The van der Waals surface area contributed by atoms with Crippen LogP contribution in [-0.4, -0.2) is 49.1 Å². The average Bonchev–Trinajstić information content (AvgIpc) is 3.11. The summed E-state index contributed by atoms with van der Waals surface area (Å²) in [5, 5.41) is 0.433. The van der Waals surface area contributed by atoms with Crippen molar-refractivity contribution < 1.29 is 13.2 Å². The number of thioether (sulfide) groups is 1. The molecule has 2 aromatic rings. The van der Waals surface area contributed by atoms with Crippen LogP contribution in [0.5, 0.6) is 0 Å². The third kappa shape index (κ3) is 4.45. The molecular weight excluding hydrogens is 394 g/mol. The molecular formula is C20H23N3O3S2. The molecule has 0 aromatic heterocycles. The first-order chi connectivity index (χ1) is 13.3. The monoisotopic (exact) mass is 417 g/mol. The quantitative estimate of drug-likeness (QED) is 0.811. The van der Waals surface area contributed by atoms with E-state index >= 15 is 0 Å². The second-order valence-electron chi connectivity index (χ2n) is 6.58. The van der Waals surface area contributed by atoms with Crippen LogP contribution in [0.1, 0.15) is 12.5 Å². The number of carbonyl (C=O) groups is 1. The van der Waals surface area contributed by atoms with Crippen LogP contribution in [-0.2, 0) is 21.2 Å². The van der Waals surface area contributed by atoms with Gasteiger partial charge in [0, 0.05) is 7.05 Å². The molecule has 0 aliphatic carbocycles. The zero-order valence-electron chi connectivity index (χ0n) is 16.0. The first kappa shape index (κ1) is 20.6. The molecule has 3 rings (SSSR count). The maximum atomic E-state index is 12.7. The Bertz CT molecular complexity index is 974. The van der Waals surface area contributed by atoms with Crippen molar-refractivity contribution in [2.75, 3.05) is 14.1 Å². The molecule has 0 saturated heterocycles. The Morgan fingerprint density at radius 2 is 1.71 bits per heavy atom. The molecule has 0 saturated carbocycles. The number of rotatable bonds is 5. The van der Waals surface area contributed by atoms with Gasteiger partial charge in [0.1, 0.15) is 0 Å². The molecule has 2 atom stereocenters. The van der Waals surface area contributed by atoms with Gasteiger partial charge in [-0.15, -0.1) is 0 Å². The van der Waals surface area contributed by atoms with E-state index < -0.39 is 20.6 Å². The van der Waals surface area contributed by atoms with Gasteiger partial charge >= 0.3 is 0 Å². The van der Waals surface area contributed by atoms with E-state index in [0.717, 1.165) is 28.5 Å². The highest BCUT2D eigenvalue weighted by Crippen LogP contribution is 2.31. The van der Waals surface area contributed by atoms with E-state index in [4.69, 9.17) is 0 Å². The SMILES string of the molecule is CNS(=O)(=O)C1SC(N(C)C(=O)Cc2ccc(-c3ccccc3)cc2)=NC1C. The van der Waals surface area contributed by atoms with Crippen molar-refractivity contribution in [2.24, 2.45) is 4.99 Å². The molecule has 1 amide bonds. The lowest BCUT2D eigenvalue weighted by molar-refractivity contribution is -0.125. The molecule has 1 aliphatic heterocycles. The summed E-state index contributed by atoms with van der Waals surface area (Å²) in [6, 6.07) is 17.5. The fourth-order valence-electron chi connectivity index (χ4n) is 2.92. The number of amidine groups is 1. The molecule has 1 heterocycles. The molecule has 0 fully saturated rings. The molecule has 0 radical (unpaired) electrons. The van der Waals surface area contributed by atoms with Crippen molar-refractivity contribution in [1.29, 1.82) is 0 Å². The number of carbonyl (C=O) groups excluding carboxylic acids is 1. The van der Waals surface area contributed by atoms with Crippen LogP contribution < -0.4 is 4.72 Å². The number of amides is 1. The number of aliphatic imine (C=N–C) groups is 1. The van der Waals surface area contributed by atoms with Gasteiger partial charge in [-0.1, -0.05) is 66.4 Å². The van der Waals surface area contributed by atoms with Crippen LogP contribution in [0, 0.1) is 0 Å². The molecule has 28 heavy (non-hydrogen) atoms. The Morgan fingerprint density at radius 3 is 2.32 bits per heavy atom. The maximum absolute atomic E-state index is 12.7. The van der Waals surface area contributed by atoms with Gasteiger partial charge in [0.15, 0.2) is 9.75 Å². The fourth-order valence-corrected chi connectivity index (χ4v) is 5.74. The summed E-state index contributed by atoms with van der Waals surface area (Å²) in [7, 11) is -0.453. The molecule has 6 nitrogen and oxygen atoms in total. The Balaban J connectivity index is 1.66. The number of nitrogens with one attached hydrogen (secondary N) is 1. The zero-order valence-corrected chi connectivity index (χ0v) is 17.6. The minimum Gasteiger partial charge on any atom is -0.294 e. The zero-order chi connectivity index (χ0) is 20.3. The van der Waals surface area contributed by atoms with Gasteiger partial charge in [-0.2, -0.15) is 0 Å². The van der Waals surface area contributed by atoms with Gasteiger partial charge < -0.3 is 0 Å². The standard InChI is InChI=1S/C20H23N3O3S2/c1-14-19(28(25,26)21-2)27-20(22-14)23(3)18(24)13-15-9-11-17(12-10-15)16-7-5-4-6-8-16/h4-12,14,19,21H,13H2,1-3H3. The summed E-state index contributed by atoms with van der Waals surface area (Å²) in [4.78, 5) is 18.5. The lowest BCUT2D eigenvalue weighted by Crippen LogP contribution is -2.35. The molecule has 0 bridgehead atoms. The molecule has 148 valence electrons. The van der Waals surface area contributed by atoms with E-state index in [2.05, 4.69) is 9.71 Å². The molecule has 2 unspecified atom stereocenters. The van der Waals surface area contributed by atoms with E-state index in [1.165, 1.54) is 11.9 Å². The Labute approximate surface area is 170 Å². The Hall–Kier alpha value is -2.16. The second-order valence-corrected chi connectivity index (χ2v) is 9.99. The Morgan fingerprint density at radius 1 is 1.11 bits per heavy atom. The van der Waals surface area contributed by atoms with Crippen molar-refractivity contribution in [3.05, 3.63) is 60.2 Å². The number of nitrogens with zero attached hydrogens (tertiary/aromatic N) is 2. The summed E-state index contributed by atoms with van der Waals surface area (Å²) < 4.78 is 25.8. The molecule has 2 aromatic carbocycles. The predicted molar refractivity (Wildman–Crippen MR) is 115 cm³/mol. The summed E-state index contributed by atoms with van der Waals surface area (Å²) in [5.41, 5.74) is 3.11. The smallest absolute Gasteiger partial charge is 0.232 e. The van der Waals surface area contributed by atoms with E-state index in [0.29, 0.717) is 5.17 Å². The summed E-state index contributed by atoms with van der Waals surface area (Å²) in [6.07, 6.45) is 0.225. The summed E-state index contributed by atoms with van der Waals surface area (Å²) >= 11 is 1.10. The van der Waals surface area contributed by atoms with Gasteiger partial charge in [0.25, 0.3) is 0 Å². The number of sulfonamides is 1. The minimum atomic E-state index is -3.47. The molecule has 8 heteroatoms. The van der Waals surface area contributed by atoms with E-state index in [1.54, 1.807) is 14.0 Å². The van der Waals surface area contributed by atoms with Gasteiger partial charge in [0.2, 0.25) is 15.9 Å². The molecule has 0 spiro atoms. The van der Waals surface area contributed by atoms with Crippen LogP contribution in [0.4, 0.5) is 0 Å². The van der Waals surface area contributed by atoms with E-state index in [1.807, 2.05) is 54.6 Å². The molecule has 1 aliphatic rings. The van der Waals surface area contributed by atoms with E-state index in [9.17, 15) is 13.2 Å². The van der Waals surface area contributed by atoms with Crippen molar-refractivity contribution in [2.45, 2.75) is 24.0 Å². The van der Waals surface area contributed by atoms with Gasteiger partial charge in [-0.05, 0) is 30.7 Å². The largest absolute Gasteiger partial charge is 0.294 e. The third-order valence-corrected chi connectivity index (χ3v) is 8.44. The van der Waals surface area contributed by atoms with Gasteiger partial charge in [-0.25, -0.2) is 13.1 Å². The normalized spacial score (nSPS) is 19.3. The second kappa shape index (κ2) is 8.46. The minimum absolute atomic E-state index is 0.131.